The Balaban J connectivity index is 1.95. The first-order valence-electron chi connectivity index (χ1n) is 9.60. The van der Waals surface area contributed by atoms with Gasteiger partial charge in [-0.05, 0) is 43.4 Å². The van der Waals surface area contributed by atoms with Crippen molar-refractivity contribution in [2.75, 3.05) is 18.1 Å². The van der Waals surface area contributed by atoms with Crippen molar-refractivity contribution in [1.82, 2.24) is 9.97 Å². The summed E-state index contributed by atoms with van der Waals surface area (Å²) < 4.78 is 81.4. The maximum Gasteiger partial charge on any atom is 0.423 e. The highest BCUT2D eigenvalue weighted by molar-refractivity contribution is 5.59. The molecule has 3 rings (SSSR count). The molecule has 30 heavy (non-hydrogen) atoms. The summed E-state index contributed by atoms with van der Waals surface area (Å²) in [6.45, 7) is 0.174. The van der Waals surface area contributed by atoms with Crippen molar-refractivity contribution in [2.24, 2.45) is 0 Å². The van der Waals surface area contributed by atoms with E-state index in [1.54, 1.807) is 17.9 Å². The van der Waals surface area contributed by atoms with Crippen LogP contribution in [0.5, 0.6) is 5.88 Å². The molecule has 2 aromatic rings. The second-order valence-corrected chi connectivity index (χ2v) is 7.11. The fourth-order valence-corrected chi connectivity index (χ4v) is 3.59. The summed E-state index contributed by atoms with van der Waals surface area (Å²) in [6.07, 6.45) is -4.85. The number of anilines is 2. The minimum atomic E-state index is -4.95. The summed E-state index contributed by atoms with van der Waals surface area (Å²) in [7, 11) is 0. The maximum atomic E-state index is 13.2. The number of benzene rings is 1. The van der Waals surface area contributed by atoms with E-state index in [0.717, 1.165) is 31.2 Å². The van der Waals surface area contributed by atoms with Crippen LogP contribution in [-0.2, 0) is 6.18 Å². The molecule has 1 aromatic heterocycles. The monoisotopic (exact) mass is 433 g/mol. The lowest BCUT2D eigenvalue weighted by Gasteiger charge is -2.24. The minimum Gasteiger partial charge on any atom is -0.467 e. The predicted octanol–water partition coefficient (Wildman–Crippen LogP) is 6.25. The average molecular weight is 433 g/mol. The van der Waals surface area contributed by atoms with Gasteiger partial charge in [0.25, 0.3) is 0 Å². The van der Waals surface area contributed by atoms with Crippen LogP contribution in [0.2, 0.25) is 0 Å². The third kappa shape index (κ3) is 5.34. The molecular weight excluding hydrogens is 412 g/mol. The maximum absolute atomic E-state index is 13.2. The Morgan fingerprint density at radius 2 is 1.80 bits per heavy atom. The lowest BCUT2D eigenvalue weighted by Crippen LogP contribution is -2.24. The summed E-state index contributed by atoms with van der Waals surface area (Å²) in [5.74, 6) is -0.885. The molecule has 0 N–H and O–H groups in total. The highest BCUT2D eigenvalue weighted by Gasteiger charge is 2.38. The Kier molecular flexibility index (Phi) is 6.42. The highest BCUT2D eigenvalue weighted by Crippen LogP contribution is 2.38. The number of aromatic nitrogens is 2. The normalized spacial score (nSPS) is 15.4. The number of nitrogens with zero attached hydrogens (tertiary/aromatic N) is 3. The van der Waals surface area contributed by atoms with Crippen molar-refractivity contribution in [2.45, 2.75) is 50.9 Å². The first-order chi connectivity index (χ1) is 14.1. The number of alkyl halides is 6. The van der Waals surface area contributed by atoms with E-state index in [1.807, 2.05) is 18.2 Å². The molecule has 1 heterocycles. The van der Waals surface area contributed by atoms with Gasteiger partial charge in [-0.15, -0.1) is 0 Å². The zero-order valence-corrected chi connectivity index (χ0v) is 16.2. The second-order valence-electron chi connectivity index (χ2n) is 7.11. The average Bonchev–Trinajstić information content (AvgIpc) is 3.21. The van der Waals surface area contributed by atoms with Crippen LogP contribution in [0.15, 0.2) is 30.5 Å². The molecule has 1 aliphatic rings. The van der Waals surface area contributed by atoms with E-state index in [2.05, 4.69) is 14.7 Å². The van der Waals surface area contributed by atoms with Crippen molar-refractivity contribution in [3.8, 4) is 5.88 Å². The molecule has 10 heteroatoms. The minimum absolute atomic E-state index is 0.161. The van der Waals surface area contributed by atoms with Crippen molar-refractivity contribution >= 4 is 11.6 Å². The number of rotatable bonds is 6. The van der Waals surface area contributed by atoms with E-state index in [1.165, 1.54) is 0 Å². The molecular formula is C20H21F6N3O. The molecule has 0 bridgehead atoms. The van der Waals surface area contributed by atoms with E-state index in [0.29, 0.717) is 24.3 Å². The van der Waals surface area contributed by atoms with Gasteiger partial charge in [0.05, 0.1) is 0 Å². The molecule has 1 saturated carbocycles. The van der Waals surface area contributed by atoms with E-state index in [4.69, 9.17) is 0 Å². The van der Waals surface area contributed by atoms with Crippen LogP contribution in [0.1, 0.15) is 49.7 Å². The SMILES string of the molecule is CCN(c1cccc(C2CCCC2)c1)c1ncc(C(F)(F)F)c(OCC(F)(F)F)n1. The van der Waals surface area contributed by atoms with Gasteiger partial charge in [-0.2, -0.15) is 31.3 Å². The molecule has 0 atom stereocenters. The molecule has 1 aliphatic carbocycles. The third-order valence-corrected chi connectivity index (χ3v) is 4.99. The number of hydrogen-bond acceptors (Lipinski definition) is 4. The smallest absolute Gasteiger partial charge is 0.423 e. The summed E-state index contributed by atoms with van der Waals surface area (Å²) >= 11 is 0. The zero-order chi connectivity index (χ0) is 21.9. The van der Waals surface area contributed by atoms with Crippen LogP contribution in [0.4, 0.5) is 38.0 Å². The topological polar surface area (TPSA) is 38.2 Å². The molecule has 0 unspecified atom stereocenters. The van der Waals surface area contributed by atoms with Crippen LogP contribution in [0, 0.1) is 0 Å². The van der Waals surface area contributed by atoms with E-state index in [-0.39, 0.29) is 5.95 Å². The van der Waals surface area contributed by atoms with Crippen LogP contribution < -0.4 is 9.64 Å². The lowest BCUT2D eigenvalue weighted by molar-refractivity contribution is -0.159. The fraction of sp³-hybridized carbons (Fsp3) is 0.500. The van der Waals surface area contributed by atoms with Crippen molar-refractivity contribution in [3.63, 3.8) is 0 Å². The molecule has 0 spiro atoms. The van der Waals surface area contributed by atoms with Crippen molar-refractivity contribution < 1.29 is 31.1 Å². The predicted molar refractivity (Wildman–Crippen MR) is 98.9 cm³/mol. The van der Waals surface area contributed by atoms with Gasteiger partial charge in [0.15, 0.2) is 6.61 Å². The zero-order valence-electron chi connectivity index (χ0n) is 16.2. The Morgan fingerprint density at radius 1 is 1.10 bits per heavy atom. The Labute approximate surface area is 169 Å². The van der Waals surface area contributed by atoms with Gasteiger partial charge in [0.1, 0.15) is 5.56 Å². The quantitative estimate of drug-likeness (QED) is 0.505. The van der Waals surface area contributed by atoms with Gasteiger partial charge >= 0.3 is 12.4 Å². The van der Waals surface area contributed by atoms with Crippen LogP contribution in [0.25, 0.3) is 0 Å². The fourth-order valence-electron chi connectivity index (χ4n) is 3.59. The van der Waals surface area contributed by atoms with Crippen LogP contribution in [0.3, 0.4) is 0 Å². The number of halogens is 6. The molecule has 0 amide bonds. The van der Waals surface area contributed by atoms with Crippen molar-refractivity contribution in [1.29, 1.82) is 0 Å². The Hall–Kier alpha value is -2.52. The van der Waals surface area contributed by atoms with Gasteiger partial charge < -0.3 is 9.64 Å². The van der Waals surface area contributed by atoms with Gasteiger partial charge in [0, 0.05) is 18.4 Å². The van der Waals surface area contributed by atoms with Crippen LogP contribution >= 0.6 is 0 Å². The molecule has 0 aliphatic heterocycles. The number of ether oxygens (including phenoxy) is 1. The van der Waals surface area contributed by atoms with Crippen LogP contribution in [-0.4, -0.2) is 29.3 Å². The lowest BCUT2D eigenvalue weighted by atomic mass is 9.97. The largest absolute Gasteiger partial charge is 0.467 e. The highest BCUT2D eigenvalue weighted by atomic mass is 19.4. The van der Waals surface area contributed by atoms with Gasteiger partial charge in [-0.1, -0.05) is 25.0 Å². The van der Waals surface area contributed by atoms with E-state index in [9.17, 15) is 26.3 Å². The summed E-state index contributed by atoms with van der Waals surface area (Å²) in [6, 6.07) is 7.53. The molecule has 4 nitrogen and oxygen atoms in total. The number of hydrogen-bond donors (Lipinski definition) is 0. The Morgan fingerprint density at radius 3 is 2.40 bits per heavy atom. The van der Waals surface area contributed by atoms with Gasteiger partial charge in [0.2, 0.25) is 11.8 Å². The Bertz CT molecular complexity index is 862. The summed E-state index contributed by atoms with van der Waals surface area (Å²) in [4.78, 5) is 8.99. The molecule has 0 saturated heterocycles. The van der Waals surface area contributed by atoms with Gasteiger partial charge in [-0.3, -0.25) is 0 Å². The van der Waals surface area contributed by atoms with E-state index >= 15 is 0 Å². The summed E-state index contributed by atoms with van der Waals surface area (Å²) in [5, 5.41) is 0. The summed E-state index contributed by atoms with van der Waals surface area (Å²) in [5.41, 5.74) is 0.318. The molecule has 1 aromatic carbocycles. The first kappa shape index (κ1) is 22.2. The van der Waals surface area contributed by atoms with E-state index < -0.39 is 30.4 Å². The van der Waals surface area contributed by atoms with Gasteiger partial charge in [-0.25, -0.2) is 4.98 Å². The standard InChI is InChI=1S/C20H21F6N3O/c1-2-29(15-9-5-8-14(10-15)13-6-3-4-7-13)18-27-11-16(20(24,25)26)17(28-18)30-12-19(21,22)23/h5,8-11,13H,2-4,6-7,12H2,1H3. The molecule has 0 radical (unpaired) electrons. The third-order valence-electron chi connectivity index (χ3n) is 4.99. The molecule has 164 valence electrons. The molecule has 1 fully saturated rings. The second kappa shape index (κ2) is 8.69. The first-order valence-corrected chi connectivity index (χ1v) is 9.60. The van der Waals surface area contributed by atoms with Crippen molar-refractivity contribution in [3.05, 3.63) is 41.6 Å².